The molecule has 0 N–H and O–H groups in total. The number of nitrogens with zero attached hydrogens (tertiary/aromatic N) is 1. The normalized spacial score (nSPS) is 10.4. The highest BCUT2D eigenvalue weighted by atomic mass is 32.1. The minimum Gasteiger partial charge on any atom is -0.494 e. The van der Waals surface area contributed by atoms with E-state index in [-0.39, 0.29) is 5.97 Å². The molecule has 21 heavy (non-hydrogen) atoms. The van der Waals surface area contributed by atoms with Crippen LogP contribution in [0.3, 0.4) is 0 Å². The van der Waals surface area contributed by atoms with E-state index in [1.54, 1.807) is 6.92 Å². The number of carbonyl (C=O) groups is 1. The minimum absolute atomic E-state index is 0.356. The highest BCUT2D eigenvalue weighted by molar-refractivity contribution is 7.15. The third kappa shape index (κ3) is 3.82. The maximum Gasteiger partial charge on any atom is 0.358 e. The van der Waals surface area contributed by atoms with E-state index < -0.39 is 0 Å². The van der Waals surface area contributed by atoms with Crippen LogP contribution in [-0.4, -0.2) is 24.2 Å². The van der Waals surface area contributed by atoms with E-state index >= 15 is 0 Å². The van der Waals surface area contributed by atoms with E-state index in [4.69, 9.17) is 9.47 Å². The summed E-state index contributed by atoms with van der Waals surface area (Å²) in [6, 6.07) is 7.76. The van der Waals surface area contributed by atoms with Gasteiger partial charge in [0.2, 0.25) is 0 Å². The third-order valence-electron chi connectivity index (χ3n) is 2.84. The number of hydrogen-bond acceptors (Lipinski definition) is 5. The summed E-state index contributed by atoms with van der Waals surface area (Å²) in [5, 5.41) is 0.817. The molecule has 0 aliphatic carbocycles. The van der Waals surface area contributed by atoms with E-state index in [9.17, 15) is 4.79 Å². The highest BCUT2D eigenvalue weighted by Gasteiger charge is 2.17. The zero-order valence-electron chi connectivity index (χ0n) is 12.5. The van der Waals surface area contributed by atoms with Gasteiger partial charge < -0.3 is 9.47 Å². The molecule has 0 unspecified atom stereocenters. The van der Waals surface area contributed by atoms with Gasteiger partial charge in [0, 0.05) is 10.4 Å². The Morgan fingerprint density at radius 3 is 2.57 bits per heavy atom. The van der Waals surface area contributed by atoms with Crippen molar-refractivity contribution in [2.24, 2.45) is 0 Å². The van der Waals surface area contributed by atoms with Crippen LogP contribution in [0, 0.1) is 6.92 Å². The Labute approximate surface area is 128 Å². The molecule has 5 heteroatoms. The summed E-state index contributed by atoms with van der Waals surface area (Å²) in [6.07, 6.45) is 0.982. The summed E-state index contributed by atoms with van der Waals surface area (Å²) in [4.78, 5) is 17.0. The average Bonchev–Trinajstić information content (AvgIpc) is 2.88. The number of thiazole rings is 1. The van der Waals surface area contributed by atoms with Crippen molar-refractivity contribution in [3.8, 4) is 16.3 Å². The van der Waals surface area contributed by atoms with Gasteiger partial charge in [0.05, 0.1) is 13.2 Å². The fourth-order valence-electron chi connectivity index (χ4n) is 1.82. The molecule has 0 atom stereocenters. The SMILES string of the molecule is CCCOc1ccc(-c2nc(C(=O)OCC)c(C)s2)cc1. The first kappa shape index (κ1) is 15.5. The second kappa shape index (κ2) is 7.22. The first-order valence-corrected chi connectivity index (χ1v) is 7.85. The lowest BCUT2D eigenvalue weighted by molar-refractivity contribution is 0.0519. The molecule has 0 spiro atoms. The van der Waals surface area contributed by atoms with Crippen molar-refractivity contribution in [1.29, 1.82) is 0 Å². The topological polar surface area (TPSA) is 48.4 Å². The van der Waals surface area contributed by atoms with Crippen LogP contribution in [0.15, 0.2) is 24.3 Å². The van der Waals surface area contributed by atoms with Gasteiger partial charge in [-0.1, -0.05) is 6.92 Å². The molecule has 1 aromatic heterocycles. The molecular formula is C16H19NO3S. The van der Waals surface area contributed by atoms with Gasteiger partial charge >= 0.3 is 5.97 Å². The van der Waals surface area contributed by atoms with Crippen molar-refractivity contribution in [2.75, 3.05) is 13.2 Å². The van der Waals surface area contributed by atoms with Gasteiger partial charge in [0.25, 0.3) is 0 Å². The van der Waals surface area contributed by atoms with Gasteiger partial charge in [-0.15, -0.1) is 11.3 Å². The lowest BCUT2D eigenvalue weighted by atomic mass is 10.2. The predicted molar refractivity (Wildman–Crippen MR) is 84.0 cm³/mol. The van der Waals surface area contributed by atoms with Crippen molar-refractivity contribution in [2.45, 2.75) is 27.2 Å². The Balaban J connectivity index is 2.18. The number of esters is 1. The van der Waals surface area contributed by atoms with Crippen LogP contribution in [0.25, 0.3) is 10.6 Å². The predicted octanol–water partition coefficient (Wildman–Crippen LogP) is 4.08. The van der Waals surface area contributed by atoms with Crippen molar-refractivity contribution >= 4 is 17.3 Å². The Kier molecular flexibility index (Phi) is 5.33. The zero-order chi connectivity index (χ0) is 15.2. The molecule has 0 amide bonds. The Bertz CT molecular complexity index is 604. The van der Waals surface area contributed by atoms with Gasteiger partial charge in [0.15, 0.2) is 5.69 Å². The molecule has 0 aliphatic heterocycles. The van der Waals surface area contributed by atoms with E-state index in [0.29, 0.717) is 18.9 Å². The molecule has 0 aliphatic rings. The smallest absolute Gasteiger partial charge is 0.358 e. The molecule has 0 radical (unpaired) electrons. The summed E-state index contributed by atoms with van der Waals surface area (Å²) in [5.41, 5.74) is 1.38. The quantitative estimate of drug-likeness (QED) is 0.754. The Morgan fingerprint density at radius 1 is 1.24 bits per heavy atom. The second-order valence-electron chi connectivity index (χ2n) is 4.52. The fraction of sp³-hybridized carbons (Fsp3) is 0.375. The van der Waals surface area contributed by atoms with Gasteiger partial charge in [-0.2, -0.15) is 0 Å². The molecular weight excluding hydrogens is 286 g/mol. The summed E-state index contributed by atoms with van der Waals surface area (Å²) in [5.74, 6) is 0.486. The summed E-state index contributed by atoms with van der Waals surface area (Å²) >= 11 is 1.49. The number of hydrogen-bond donors (Lipinski definition) is 0. The Morgan fingerprint density at radius 2 is 1.95 bits per heavy atom. The molecule has 0 bridgehead atoms. The molecule has 1 heterocycles. The van der Waals surface area contributed by atoms with Crippen molar-refractivity contribution in [3.63, 3.8) is 0 Å². The van der Waals surface area contributed by atoms with Crippen LogP contribution in [0.5, 0.6) is 5.75 Å². The average molecular weight is 305 g/mol. The number of benzene rings is 1. The minimum atomic E-state index is -0.361. The van der Waals surface area contributed by atoms with Crippen LogP contribution >= 0.6 is 11.3 Å². The monoisotopic (exact) mass is 305 g/mol. The maximum atomic E-state index is 11.8. The largest absolute Gasteiger partial charge is 0.494 e. The lowest BCUT2D eigenvalue weighted by Crippen LogP contribution is -2.06. The van der Waals surface area contributed by atoms with Crippen LogP contribution in [-0.2, 0) is 4.74 Å². The van der Waals surface area contributed by atoms with Gasteiger partial charge in [-0.3, -0.25) is 0 Å². The molecule has 2 rings (SSSR count). The van der Waals surface area contributed by atoms with E-state index in [1.807, 2.05) is 31.2 Å². The number of aromatic nitrogens is 1. The number of carbonyl (C=O) groups excluding carboxylic acids is 1. The van der Waals surface area contributed by atoms with Crippen molar-refractivity contribution < 1.29 is 14.3 Å². The van der Waals surface area contributed by atoms with Crippen LogP contribution < -0.4 is 4.74 Å². The van der Waals surface area contributed by atoms with Gasteiger partial charge in [0.1, 0.15) is 10.8 Å². The van der Waals surface area contributed by atoms with E-state index in [2.05, 4.69) is 11.9 Å². The molecule has 2 aromatic rings. The zero-order valence-corrected chi connectivity index (χ0v) is 13.3. The third-order valence-corrected chi connectivity index (χ3v) is 3.86. The van der Waals surface area contributed by atoms with Gasteiger partial charge in [-0.05, 0) is 44.5 Å². The molecule has 0 fully saturated rings. The van der Waals surface area contributed by atoms with Crippen molar-refractivity contribution in [3.05, 3.63) is 34.8 Å². The molecule has 112 valence electrons. The van der Waals surface area contributed by atoms with Gasteiger partial charge in [-0.25, -0.2) is 9.78 Å². The van der Waals surface area contributed by atoms with Crippen molar-refractivity contribution in [1.82, 2.24) is 4.98 Å². The fourth-order valence-corrected chi connectivity index (χ4v) is 2.73. The summed E-state index contributed by atoms with van der Waals surface area (Å²) in [7, 11) is 0. The number of rotatable bonds is 6. The second-order valence-corrected chi connectivity index (χ2v) is 5.72. The van der Waals surface area contributed by atoms with Crippen LogP contribution in [0.4, 0.5) is 0 Å². The Hall–Kier alpha value is -1.88. The first-order valence-electron chi connectivity index (χ1n) is 7.03. The van der Waals surface area contributed by atoms with E-state index in [0.717, 1.165) is 27.6 Å². The standard InChI is InChI=1S/C16H19NO3S/c1-4-10-20-13-8-6-12(7-9-13)15-17-14(11(3)21-15)16(18)19-5-2/h6-9H,4-5,10H2,1-3H3. The number of ether oxygens (including phenoxy) is 2. The maximum absolute atomic E-state index is 11.8. The van der Waals surface area contributed by atoms with E-state index in [1.165, 1.54) is 11.3 Å². The number of aryl methyl sites for hydroxylation is 1. The molecule has 4 nitrogen and oxygen atoms in total. The molecule has 1 aromatic carbocycles. The summed E-state index contributed by atoms with van der Waals surface area (Å²) in [6.45, 7) is 6.81. The first-order chi connectivity index (χ1) is 10.2. The highest BCUT2D eigenvalue weighted by Crippen LogP contribution is 2.29. The van der Waals surface area contributed by atoms with Crippen LogP contribution in [0.1, 0.15) is 35.6 Å². The van der Waals surface area contributed by atoms with Crippen LogP contribution in [0.2, 0.25) is 0 Å². The molecule has 0 saturated carbocycles. The lowest BCUT2D eigenvalue weighted by Gasteiger charge is -2.04. The molecule has 0 saturated heterocycles. The summed E-state index contributed by atoms with van der Waals surface area (Å²) < 4.78 is 10.6.